The van der Waals surface area contributed by atoms with E-state index in [4.69, 9.17) is 8.85 Å². The lowest BCUT2D eigenvalue weighted by Gasteiger charge is -2.49. The summed E-state index contributed by atoms with van der Waals surface area (Å²) in [6.45, 7) is -2.49. The zero-order valence-electron chi connectivity index (χ0n) is 27.2. The maximum absolute atomic E-state index is 13.9. The van der Waals surface area contributed by atoms with E-state index < -0.39 is 39.0 Å². The molecule has 1 aliphatic heterocycles. The minimum absolute atomic E-state index is 0.0273. The third-order valence-corrected chi connectivity index (χ3v) is 9.83. The van der Waals surface area contributed by atoms with Crippen molar-refractivity contribution in [3.8, 4) is 5.75 Å². The van der Waals surface area contributed by atoms with Crippen molar-refractivity contribution >= 4 is 16.0 Å². The van der Waals surface area contributed by atoms with Crippen molar-refractivity contribution in [3.05, 3.63) is 138 Å². The van der Waals surface area contributed by atoms with E-state index in [2.05, 4.69) is 0 Å². The van der Waals surface area contributed by atoms with Gasteiger partial charge < -0.3 is 14.3 Å². The molecule has 3 atom stereocenters. The van der Waals surface area contributed by atoms with Crippen molar-refractivity contribution < 1.29 is 31.7 Å². The van der Waals surface area contributed by atoms with Gasteiger partial charge in [-0.15, -0.1) is 0 Å². The molecule has 1 unspecified atom stereocenters. The number of ether oxygens (including phenoxy) is 1. The number of quaternary nitrogens is 1. The highest BCUT2D eigenvalue weighted by molar-refractivity contribution is 7.88. The van der Waals surface area contributed by atoms with Crippen LogP contribution in [0.25, 0.3) is 0 Å². The molecule has 5 rings (SSSR count). The quantitative estimate of drug-likeness (QED) is 0.190. The Morgan fingerprint density at radius 2 is 1.58 bits per heavy atom. The van der Waals surface area contributed by atoms with Gasteiger partial charge in [-0.25, -0.2) is 17.5 Å². The minimum atomic E-state index is -3.84. The maximum Gasteiger partial charge on any atom is 0.339 e. The molecule has 0 radical (unpaired) electrons. The molecule has 1 aliphatic rings. The van der Waals surface area contributed by atoms with E-state index >= 15 is 0 Å². The molecule has 224 valence electrons. The SMILES string of the molecule is [2H]C([2H])([2H])[N+](C)(Cc1ccccc1)C[C@@H]1CN(S(=O)(=O)Cc2ccccc2)CC[C@@]1(OC(=O)c1ccccc1)c1cccc(O)c1. The van der Waals surface area contributed by atoms with Crippen molar-refractivity contribution in [1.82, 2.24) is 4.31 Å². The summed E-state index contributed by atoms with van der Waals surface area (Å²) in [4.78, 5) is 13.8. The second-order valence-electron chi connectivity index (χ2n) is 11.5. The number of esters is 1. The average Bonchev–Trinajstić information content (AvgIpc) is 3.02. The number of phenols is 1. The lowest BCUT2D eigenvalue weighted by atomic mass is 9.75. The van der Waals surface area contributed by atoms with E-state index in [0.717, 1.165) is 5.56 Å². The monoisotopic (exact) mass is 602 g/mol. The first-order chi connectivity index (χ1) is 21.8. The van der Waals surface area contributed by atoms with Crippen LogP contribution in [0, 0.1) is 5.92 Å². The number of phenolic OH excluding ortho intramolecular Hbond substituents is 1. The highest BCUT2D eigenvalue weighted by Crippen LogP contribution is 2.44. The molecular formula is C35H39N2O5S+. The second kappa shape index (κ2) is 12.7. The van der Waals surface area contributed by atoms with E-state index in [-0.39, 0.29) is 44.1 Å². The molecule has 43 heavy (non-hydrogen) atoms. The number of hydrogen-bond donors (Lipinski definition) is 1. The van der Waals surface area contributed by atoms with Gasteiger partial charge in [-0.3, -0.25) is 0 Å². The highest BCUT2D eigenvalue weighted by atomic mass is 32.2. The van der Waals surface area contributed by atoms with Crippen LogP contribution in [0.1, 0.15) is 37.6 Å². The molecule has 1 saturated heterocycles. The number of aromatic hydroxyl groups is 1. The van der Waals surface area contributed by atoms with E-state index in [1.54, 1.807) is 73.8 Å². The third-order valence-electron chi connectivity index (χ3n) is 8.02. The number of nitrogens with zero attached hydrogens (tertiary/aromatic N) is 2. The Balaban J connectivity index is 1.62. The molecule has 0 aromatic heterocycles. The molecule has 0 spiro atoms. The van der Waals surface area contributed by atoms with Crippen molar-refractivity contribution in [3.63, 3.8) is 0 Å². The number of hydrogen-bond acceptors (Lipinski definition) is 5. The smallest absolute Gasteiger partial charge is 0.339 e. The highest BCUT2D eigenvalue weighted by Gasteiger charge is 2.52. The van der Waals surface area contributed by atoms with Gasteiger partial charge in [0.05, 0.1) is 41.9 Å². The predicted octanol–water partition coefficient (Wildman–Crippen LogP) is 5.57. The van der Waals surface area contributed by atoms with Crippen LogP contribution in [0.2, 0.25) is 0 Å². The molecule has 1 heterocycles. The van der Waals surface area contributed by atoms with Crippen LogP contribution in [0.5, 0.6) is 5.75 Å². The molecule has 7 nitrogen and oxygen atoms in total. The molecular weight excluding hydrogens is 560 g/mol. The first-order valence-corrected chi connectivity index (χ1v) is 15.9. The summed E-state index contributed by atoms with van der Waals surface area (Å²) in [7, 11) is -2.22. The first-order valence-electron chi connectivity index (χ1n) is 15.8. The fraction of sp³-hybridized carbons (Fsp3) is 0.286. The van der Waals surface area contributed by atoms with Crippen LogP contribution in [0.15, 0.2) is 115 Å². The van der Waals surface area contributed by atoms with Crippen LogP contribution < -0.4 is 0 Å². The zero-order chi connectivity index (χ0) is 33.0. The summed E-state index contributed by atoms with van der Waals surface area (Å²) >= 11 is 0. The van der Waals surface area contributed by atoms with E-state index in [0.29, 0.717) is 16.7 Å². The van der Waals surface area contributed by atoms with Gasteiger partial charge in [0.2, 0.25) is 10.0 Å². The number of benzene rings is 4. The topological polar surface area (TPSA) is 83.9 Å². The van der Waals surface area contributed by atoms with Crippen molar-refractivity contribution in [1.29, 1.82) is 0 Å². The number of carbonyl (C=O) groups excluding carboxylic acids is 1. The molecule has 1 N–H and O–H groups in total. The zero-order valence-corrected chi connectivity index (χ0v) is 25.0. The van der Waals surface area contributed by atoms with Crippen LogP contribution in [0.3, 0.4) is 0 Å². The first kappa shape index (κ1) is 26.6. The summed E-state index contributed by atoms with van der Waals surface area (Å²) in [5, 5.41) is 10.6. The van der Waals surface area contributed by atoms with Crippen LogP contribution in [0.4, 0.5) is 0 Å². The van der Waals surface area contributed by atoms with E-state index in [1.807, 2.05) is 36.4 Å². The van der Waals surface area contributed by atoms with Gasteiger partial charge in [0.25, 0.3) is 0 Å². The lowest BCUT2D eigenvalue weighted by Crippen LogP contribution is -2.59. The lowest BCUT2D eigenvalue weighted by molar-refractivity contribution is -0.908. The Bertz CT molecular complexity index is 1740. The van der Waals surface area contributed by atoms with Crippen LogP contribution in [-0.4, -0.2) is 61.9 Å². The predicted molar refractivity (Wildman–Crippen MR) is 168 cm³/mol. The Labute approximate surface area is 258 Å². The van der Waals surface area contributed by atoms with Crippen molar-refractivity contribution in [2.45, 2.75) is 24.3 Å². The van der Waals surface area contributed by atoms with Gasteiger partial charge in [0, 0.05) is 25.1 Å². The van der Waals surface area contributed by atoms with Gasteiger partial charge in [0.15, 0.2) is 0 Å². The number of rotatable bonds is 10. The third kappa shape index (κ3) is 7.33. The van der Waals surface area contributed by atoms with E-state index in [1.165, 1.54) is 16.4 Å². The summed E-state index contributed by atoms with van der Waals surface area (Å²) in [6.07, 6.45) is 0.0556. The van der Waals surface area contributed by atoms with Gasteiger partial charge in [-0.2, -0.15) is 0 Å². The molecule has 4 aromatic rings. The number of piperidine rings is 1. The molecule has 4 aromatic carbocycles. The largest absolute Gasteiger partial charge is 0.508 e. The summed E-state index contributed by atoms with van der Waals surface area (Å²) in [5.74, 6) is -1.71. The summed E-state index contributed by atoms with van der Waals surface area (Å²) in [6, 6.07) is 33.0. The average molecular weight is 603 g/mol. The molecule has 1 fully saturated rings. The molecule has 8 heteroatoms. The van der Waals surface area contributed by atoms with Gasteiger partial charge in [-0.1, -0.05) is 91.0 Å². The fourth-order valence-corrected chi connectivity index (χ4v) is 7.56. The fourth-order valence-electron chi connectivity index (χ4n) is 5.99. The molecule has 0 aliphatic carbocycles. The molecule has 0 saturated carbocycles. The normalized spacial score (nSPS) is 22.0. The Kier molecular flexibility index (Phi) is 7.87. The Hall–Kier alpha value is -3.98. The second-order valence-corrected chi connectivity index (χ2v) is 13.4. The van der Waals surface area contributed by atoms with Crippen LogP contribution >= 0.6 is 0 Å². The Morgan fingerprint density at radius 1 is 0.953 bits per heavy atom. The number of carbonyl (C=O) groups is 1. The van der Waals surface area contributed by atoms with Gasteiger partial charge in [-0.05, 0) is 35.4 Å². The Morgan fingerprint density at radius 3 is 2.21 bits per heavy atom. The molecule has 0 amide bonds. The molecule has 0 bridgehead atoms. The maximum atomic E-state index is 13.9. The van der Waals surface area contributed by atoms with Crippen molar-refractivity contribution in [2.24, 2.45) is 5.92 Å². The van der Waals surface area contributed by atoms with Crippen LogP contribution in [-0.2, 0) is 32.7 Å². The van der Waals surface area contributed by atoms with E-state index in [9.17, 15) is 18.3 Å². The van der Waals surface area contributed by atoms with Crippen molar-refractivity contribution in [2.75, 3.05) is 33.7 Å². The van der Waals surface area contributed by atoms with Gasteiger partial charge in [0.1, 0.15) is 17.9 Å². The minimum Gasteiger partial charge on any atom is -0.508 e. The standard InChI is InChI=1S/C35H38N2O5S/c1-37(2,25-28-13-6-3-7-14-28)26-32-24-36(43(40,41)27-29-15-8-4-9-16-29)22-21-35(32,31-19-12-20-33(38)23-31)42-34(39)30-17-10-5-11-18-30/h3-20,23,32H,21-22,24-27H2,1-2H3/p+1/t32-,35+/m0/s1/i1D3/t32-,35+,37?. The van der Waals surface area contributed by atoms with Gasteiger partial charge >= 0.3 is 5.97 Å². The summed E-state index contributed by atoms with van der Waals surface area (Å²) < 4.78 is 61.0. The number of sulfonamides is 1. The summed E-state index contributed by atoms with van der Waals surface area (Å²) in [5.41, 5.74) is 0.753.